The summed E-state index contributed by atoms with van der Waals surface area (Å²) in [5, 5.41) is 11.9. The second-order valence-electron chi connectivity index (χ2n) is 6.67. The van der Waals surface area contributed by atoms with Crippen LogP contribution in [0.3, 0.4) is 0 Å². The maximum atomic E-state index is 12.2. The molecule has 8 nitrogen and oxygen atoms in total. The molecular formula is C21H26ClN5O3. The van der Waals surface area contributed by atoms with Gasteiger partial charge in [0.2, 0.25) is 5.91 Å². The van der Waals surface area contributed by atoms with Crippen LogP contribution in [0.2, 0.25) is 5.02 Å². The molecule has 0 atom stereocenters. The fourth-order valence-corrected chi connectivity index (χ4v) is 3.12. The van der Waals surface area contributed by atoms with Gasteiger partial charge in [0, 0.05) is 12.6 Å². The number of carbonyl (C=O) groups is 1. The van der Waals surface area contributed by atoms with E-state index in [0.717, 1.165) is 17.0 Å². The number of hydrogen-bond donors (Lipinski definition) is 1. The van der Waals surface area contributed by atoms with Crippen molar-refractivity contribution in [2.24, 2.45) is 0 Å². The highest BCUT2D eigenvalue weighted by Crippen LogP contribution is 2.29. The second-order valence-corrected chi connectivity index (χ2v) is 7.08. The first-order valence-electron chi connectivity index (χ1n) is 9.88. The zero-order valence-electron chi connectivity index (χ0n) is 17.4. The average Bonchev–Trinajstić information content (AvgIpc) is 3.29. The van der Waals surface area contributed by atoms with Gasteiger partial charge in [0.1, 0.15) is 0 Å². The molecule has 2 aromatic heterocycles. The lowest BCUT2D eigenvalue weighted by atomic mass is 10.2. The van der Waals surface area contributed by atoms with Gasteiger partial charge < -0.3 is 14.8 Å². The van der Waals surface area contributed by atoms with E-state index in [4.69, 9.17) is 21.1 Å². The summed E-state index contributed by atoms with van der Waals surface area (Å²) < 4.78 is 14.7. The van der Waals surface area contributed by atoms with Gasteiger partial charge in [0.15, 0.2) is 11.5 Å². The Kier molecular flexibility index (Phi) is 7.35. The smallest absolute Gasteiger partial charge is 0.226 e. The zero-order valence-corrected chi connectivity index (χ0v) is 18.1. The number of aromatic nitrogens is 4. The van der Waals surface area contributed by atoms with E-state index in [9.17, 15) is 4.79 Å². The van der Waals surface area contributed by atoms with E-state index in [-0.39, 0.29) is 5.91 Å². The van der Waals surface area contributed by atoms with Crippen LogP contribution in [0.1, 0.15) is 31.5 Å². The number of rotatable bonds is 10. The fraction of sp³-hybridized carbons (Fsp3) is 0.381. The molecule has 0 aliphatic rings. The number of carbonyl (C=O) groups excluding carboxylic acids is 1. The number of aryl methyl sites for hydroxylation is 1. The van der Waals surface area contributed by atoms with E-state index >= 15 is 0 Å². The van der Waals surface area contributed by atoms with Crippen LogP contribution in [0.25, 0.3) is 0 Å². The summed E-state index contributed by atoms with van der Waals surface area (Å²) in [5.41, 5.74) is 2.51. The highest BCUT2D eigenvalue weighted by Gasteiger charge is 2.10. The zero-order chi connectivity index (χ0) is 21.5. The third-order valence-corrected chi connectivity index (χ3v) is 4.83. The molecule has 0 spiro atoms. The molecule has 0 bridgehead atoms. The molecule has 0 unspecified atom stereocenters. The molecular weight excluding hydrogens is 406 g/mol. The molecule has 0 radical (unpaired) electrons. The predicted octanol–water partition coefficient (Wildman–Crippen LogP) is 3.92. The van der Waals surface area contributed by atoms with Crippen molar-refractivity contribution in [2.75, 3.05) is 18.5 Å². The molecule has 0 saturated heterocycles. The SMILES string of the molecule is CCOc1ccc(Cn2cc(NC(=O)CCn3ncc(Cl)c3C)cn2)cc1OCC. The quantitative estimate of drug-likeness (QED) is 0.526. The highest BCUT2D eigenvalue weighted by atomic mass is 35.5. The predicted molar refractivity (Wildman–Crippen MR) is 115 cm³/mol. The van der Waals surface area contributed by atoms with Crippen LogP contribution in [-0.4, -0.2) is 38.7 Å². The number of halogens is 1. The van der Waals surface area contributed by atoms with E-state index in [1.165, 1.54) is 0 Å². The van der Waals surface area contributed by atoms with Gasteiger partial charge in [0.25, 0.3) is 0 Å². The fourth-order valence-electron chi connectivity index (χ4n) is 2.98. The summed E-state index contributed by atoms with van der Waals surface area (Å²) in [4.78, 5) is 12.2. The Morgan fingerprint density at radius 3 is 2.60 bits per heavy atom. The van der Waals surface area contributed by atoms with Crippen molar-refractivity contribution in [1.82, 2.24) is 19.6 Å². The lowest BCUT2D eigenvalue weighted by molar-refractivity contribution is -0.116. The van der Waals surface area contributed by atoms with Gasteiger partial charge in [0.05, 0.1) is 55.1 Å². The maximum absolute atomic E-state index is 12.2. The number of nitrogens with one attached hydrogen (secondary N) is 1. The monoisotopic (exact) mass is 431 g/mol. The van der Waals surface area contributed by atoms with Gasteiger partial charge in [-0.2, -0.15) is 10.2 Å². The molecule has 1 amide bonds. The molecule has 1 aromatic carbocycles. The minimum Gasteiger partial charge on any atom is -0.490 e. The molecule has 9 heteroatoms. The number of ether oxygens (including phenoxy) is 2. The summed E-state index contributed by atoms with van der Waals surface area (Å²) in [7, 11) is 0. The summed E-state index contributed by atoms with van der Waals surface area (Å²) in [6.45, 7) is 7.90. The van der Waals surface area contributed by atoms with E-state index < -0.39 is 0 Å². The summed E-state index contributed by atoms with van der Waals surface area (Å²) in [6.07, 6.45) is 5.30. The van der Waals surface area contributed by atoms with Gasteiger partial charge in [-0.15, -0.1) is 0 Å². The number of amides is 1. The van der Waals surface area contributed by atoms with Gasteiger partial charge >= 0.3 is 0 Å². The highest BCUT2D eigenvalue weighted by molar-refractivity contribution is 6.31. The van der Waals surface area contributed by atoms with E-state index in [2.05, 4.69) is 15.5 Å². The summed E-state index contributed by atoms with van der Waals surface area (Å²) in [6, 6.07) is 5.83. The Morgan fingerprint density at radius 1 is 1.13 bits per heavy atom. The molecule has 2 heterocycles. The average molecular weight is 432 g/mol. The minimum absolute atomic E-state index is 0.111. The first-order chi connectivity index (χ1) is 14.5. The first-order valence-corrected chi connectivity index (χ1v) is 10.3. The lowest BCUT2D eigenvalue weighted by Gasteiger charge is -2.12. The largest absolute Gasteiger partial charge is 0.490 e. The Morgan fingerprint density at radius 2 is 1.90 bits per heavy atom. The summed E-state index contributed by atoms with van der Waals surface area (Å²) >= 11 is 5.99. The Bertz CT molecular complexity index is 998. The van der Waals surface area contributed by atoms with Crippen molar-refractivity contribution in [3.05, 3.63) is 53.1 Å². The Labute approximate surface area is 180 Å². The minimum atomic E-state index is -0.111. The number of nitrogens with zero attached hydrogens (tertiary/aromatic N) is 4. The molecule has 3 aromatic rings. The Balaban J connectivity index is 1.57. The van der Waals surface area contributed by atoms with Crippen LogP contribution in [0.4, 0.5) is 5.69 Å². The molecule has 160 valence electrons. The van der Waals surface area contributed by atoms with Gasteiger partial charge in [-0.25, -0.2) is 0 Å². The molecule has 0 aliphatic carbocycles. The van der Waals surface area contributed by atoms with Crippen LogP contribution < -0.4 is 14.8 Å². The number of benzene rings is 1. The summed E-state index contributed by atoms with van der Waals surface area (Å²) in [5.74, 6) is 1.33. The van der Waals surface area contributed by atoms with Crippen molar-refractivity contribution in [2.45, 2.75) is 40.3 Å². The molecule has 0 aliphatic heterocycles. The molecule has 0 saturated carbocycles. The lowest BCUT2D eigenvalue weighted by Crippen LogP contribution is -2.15. The van der Waals surface area contributed by atoms with Crippen molar-refractivity contribution in [3.63, 3.8) is 0 Å². The maximum Gasteiger partial charge on any atom is 0.226 e. The van der Waals surface area contributed by atoms with Crippen molar-refractivity contribution in [1.29, 1.82) is 0 Å². The van der Waals surface area contributed by atoms with Gasteiger partial charge in [-0.3, -0.25) is 14.2 Å². The normalized spacial score (nSPS) is 10.8. The standard InChI is InChI=1S/C21H26ClN5O3/c1-4-29-19-7-6-16(10-20(19)30-5-2)13-26-14-17(11-23-26)25-21(28)8-9-27-15(3)18(22)12-24-27/h6-7,10-12,14H,4-5,8-9,13H2,1-3H3,(H,25,28). The van der Waals surface area contributed by atoms with E-state index in [1.54, 1.807) is 28.0 Å². The Hall–Kier alpha value is -3.00. The van der Waals surface area contributed by atoms with Gasteiger partial charge in [-0.1, -0.05) is 17.7 Å². The molecule has 30 heavy (non-hydrogen) atoms. The second kappa shape index (κ2) is 10.2. The van der Waals surface area contributed by atoms with Crippen LogP contribution in [-0.2, 0) is 17.9 Å². The van der Waals surface area contributed by atoms with Crippen LogP contribution in [0.15, 0.2) is 36.8 Å². The van der Waals surface area contributed by atoms with Crippen LogP contribution in [0, 0.1) is 6.92 Å². The molecule has 3 rings (SSSR count). The van der Waals surface area contributed by atoms with Gasteiger partial charge in [-0.05, 0) is 38.5 Å². The third-order valence-electron chi connectivity index (χ3n) is 4.46. The van der Waals surface area contributed by atoms with Crippen molar-refractivity contribution >= 4 is 23.2 Å². The van der Waals surface area contributed by atoms with Crippen LogP contribution in [0.5, 0.6) is 11.5 Å². The van der Waals surface area contributed by atoms with Crippen LogP contribution >= 0.6 is 11.6 Å². The molecule has 0 fully saturated rings. The van der Waals surface area contributed by atoms with Crippen molar-refractivity contribution in [3.8, 4) is 11.5 Å². The first kappa shape index (κ1) is 21.7. The molecule has 1 N–H and O–H groups in total. The van der Waals surface area contributed by atoms with E-state index in [0.29, 0.717) is 49.2 Å². The topological polar surface area (TPSA) is 83.2 Å². The van der Waals surface area contributed by atoms with Crippen molar-refractivity contribution < 1.29 is 14.3 Å². The number of anilines is 1. The van der Waals surface area contributed by atoms with E-state index in [1.807, 2.05) is 39.0 Å². The third kappa shape index (κ3) is 5.54. The number of hydrogen-bond acceptors (Lipinski definition) is 5.